The average Bonchev–Trinajstić information content (AvgIpc) is 3.14. The van der Waals surface area contributed by atoms with Gasteiger partial charge in [0.25, 0.3) is 0 Å². The number of carbonyl (C=O) groups excluding carboxylic acids is 1. The number of esters is 1. The Balaban J connectivity index is 0.000000172. The van der Waals surface area contributed by atoms with E-state index in [9.17, 15) is 4.79 Å². The molecule has 4 rings (SSSR count). The highest BCUT2D eigenvalue weighted by atomic mass is 17.1. The second kappa shape index (κ2) is 7.40. The summed E-state index contributed by atoms with van der Waals surface area (Å²) in [5.41, 5.74) is 0.833. The molecule has 142 valence electrons. The van der Waals surface area contributed by atoms with E-state index >= 15 is 0 Å². The quantitative estimate of drug-likeness (QED) is 0.195. The van der Waals surface area contributed by atoms with Crippen molar-refractivity contribution in [2.45, 2.75) is 43.4 Å². The van der Waals surface area contributed by atoms with Gasteiger partial charge in [-0.3, -0.25) is 4.90 Å². The molecule has 0 aromatic heterocycles. The predicted molar refractivity (Wildman–Crippen MR) is 87.6 cm³/mol. The number of piperidine rings is 1. The maximum atomic E-state index is 11.5. The van der Waals surface area contributed by atoms with Gasteiger partial charge in [-0.2, -0.15) is 0 Å². The predicted octanol–water partition coefficient (Wildman–Crippen LogP) is 2.17. The maximum Gasteiger partial charge on any atom is 0.332 e. The van der Waals surface area contributed by atoms with Gasteiger partial charge in [0.2, 0.25) is 11.5 Å². The molecule has 4 N–H and O–H groups in total. The molecule has 9 nitrogen and oxygen atoms in total. The topological polar surface area (TPSA) is 129 Å². The summed E-state index contributed by atoms with van der Waals surface area (Å²) in [7, 11) is 0. The summed E-state index contributed by atoms with van der Waals surface area (Å²) in [6.45, 7) is 1.16. The Labute approximate surface area is 149 Å². The van der Waals surface area contributed by atoms with Crippen LogP contribution in [-0.4, -0.2) is 55.8 Å². The summed E-state index contributed by atoms with van der Waals surface area (Å²) in [4.78, 5) is 20.9. The Kier molecular flexibility index (Phi) is 5.21. The minimum absolute atomic E-state index is 0.146. The van der Waals surface area contributed by atoms with Gasteiger partial charge in [0, 0.05) is 24.1 Å². The summed E-state index contributed by atoms with van der Waals surface area (Å²) < 4.78 is 5.69. The van der Waals surface area contributed by atoms with E-state index in [0.717, 1.165) is 18.5 Å². The third-order valence-electron chi connectivity index (χ3n) is 5.24. The monoisotopic (exact) mass is 367 g/mol. The third-order valence-corrected chi connectivity index (χ3v) is 5.24. The van der Waals surface area contributed by atoms with Crippen LogP contribution in [0.3, 0.4) is 0 Å². The number of hydrogen-bond donors (Lipinski definition) is 4. The normalized spacial score (nSPS) is 32.7. The van der Waals surface area contributed by atoms with Crippen LogP contribution in [0.4, 0.5) is 0 Å². The first-order chi connectivity index (χ1) is 12.6. The van der Waals surface area contributed by atoms with Crippen LogP contribution in [0.15, 0.2) is 47.8 Å². The van der Waals surface area contributed by atoms with Crippen molar-refractivity contribution in [3.63, 3.8) is 0 Å². The molecule has 1 spiro atoms. The molecule has 0 radical (unpaired) electrons. The Morgan fingerprint density at radius 2 is 1.92 bits per heavy atom. The number of fused-ring (bicyclic) bond motifs is 3. The Bertz CT molecular complexity index is 664. The molecule has 26 heavy (non-hydrogen) atoms. The standard InChI is InChI=1S/C13H15NO2.C4H6O6/c15-12-7-9-4-5-10-8-13(9,16-12)11-3-1-2-6-14(10)11;5-1-3(9-7)4(2-6)10-8/h4-5,7,10-11H,1-3,6,8H2;1-2,5-8H/b;3-1-,4-2-/t10-,11-,13+;/m1./s1. The van der Waals surface area contributed by atoms with Crippen molar-refractivity contribution in [3.8, 4) is 0 Å². The Morgan fingerprint density at radius 3 is 2.54 bits per heavy atom. The van der Waals surface area contributed by atoms with E-state index in [1.165, 1.54) is 19.3 Å². The molecule has 0 aromatic carbocycles. The summed E-state index contributed by atoms with van der Waals surface area (Å²) in [5.74, 6) is -1.39. The molecule has 0 unspecified atom stereocenters. The Morgan fingerprint density at radius 1 is 1.23 bits per heavy atom. The van der Waals surface area contributed by atoms with Gasteiger partial charge >= 0.3 is 5.97 Å². The van der Waals surface area contributed by atoms with Crippen molar-refractivity contribution < 1.29 is 40.0 Å². The minimum Gasteiger partial charge on any atom is -0.511 e. The molecule has 9 heteroatoms. The molecule has 2 saturated heterocycles. The van der Waals surface area contributed by atoms with Crippen LogP contribution < -0.4 is 0 Å². The second-order valence-electron chi connectivity index (χ2n) is 6.46. The number of rotatable bonds is 3. The largest absolute Gasteiger partial charge is 0.511 e. The zero-order valence-corrected chi connectivity index (χ0v) is 13.9. The van der Waals surface area contributed by atoms with E-state index < -0.39 is 11.5 Å². The number of hydrogen-bond acceptors (Lipinski definition) is 9. The highest BCUT2D eigenvalue weighted by Gasteiger charge is 2.59. The van der Waals surface area contributed by atoms with Gasteiger partial charge in [-0.05, 0) is 19.4 Å². The van der Waals surface area contributed by atoms with Gasteiger partial charge in [0.05, 0.1) is 6.04 Å². The van der Waals surface area contributed by atoms with Crippen LogP contribution in [0, 0.1) is 0 Å². The zero-order chi connectivity index (χ0) is 18.7. The van der Waals surface area contributed by atoms with Crippen molar-refractivity contribution in [3.05, 3.63) is 47.8 Å². The van der Waals surface area contributed by atoms with Gasteiger partial charge in [-0.15, -0.1) is 0 Å². The first-order valence-electron chi connectivity index (χ1n) is 8.30. The van der Waals surface area contributed by atoms with Crippen LogP contribution >= 0.6 is 0 Å². The van der Waals surface area contributed by atoms with E-state index in [4.69, 9.17) is 25.5 Å². The number of ether oxygens (including phenoxy) is 1. The summed E-state index contributed by atoms with van der Waals surface area (Å²) in [5, 5.41) is 32.1. The van der Waals surface area contributed by atoms with Crippen LogP contribution in [0.25, 0.3) is 0 Å². The fourth-order valence-corrected chi connectivity index (χ4v) is 4.20. The fraction of sp³-hybridized carbons (Fsp3) is 0.471. The van der Waals surface area contributed by atoms with Crippen LogP contribution in [0.2, 0.25) is 0 Å². The van der Waals surface area contributed by atoms with Gasteiger partial charge in [0.15, 0.2) is 5.60 Å². The smallest absolute Gasteiger partial charge is 0.332 e. The number of carbonyl (C=O) groups is 1. The maximum absolute atomic E-state index is 11.5. The van der Waals surface area contributed by atoms with Gasteiger partial charge < -0.3 is 24.7 Å². The van der Waals surface area contributed by atoms with Crippen molar-refractivity contribution in [1.29, 1.82) is 0 Å². The van der Waals surface area contributed by atoms with E-state index in [0.29, 0.717) is 12.1 Å². The van der Waals surface area contributed by atoms with E-state index in [2.05, 4.69) is 26.8 Å². The molecule has 3 heterocycles. The highest BCUT2D eigenvalue weighted by Crippen LogP contribution is 2.51. The molecule has 0 aromatic rings. The van der Waals surface area contributed by atoms with Crippen LogP contribution in [-0.2, 0) is 19.3 Å². The first-order valence-corrected chi connectivity index (χ1v) is 8.30. The van der Waals surface area contributed by atoms with Crippen molar-refractivity contribution >= 4 is 5.97 Å². The van der Waals surface area contributed by atoms with Crippen molar-refractivity contribution in [2.24, 2.45) is 0 Å². The molecule has 3 atom stereocenters. The number of aliphatic hydroxyl groups is 2. The van der Waals surface area contributed by atoms with Gasteiger partial charge in [0.1, 0.15) is 12.5 Å². The molecule has 3 aliphatic heterocycles. The van der Waals surface area contributed by atoms with E-state index in [1.54, 1.807) is 6.08 Å². The van der Waals surface area contributed by atoms with E-state index in [1.807, 2.05) is 0 Å². The van der Waals surface area contributed by atoms with Crippen molar-refractivity contribution in [2.75, 3.05) is 6.54 Å². The molecule has 4 aliphatic rings. The van der Waals surface area contributed by atoms with Gasteiger partial charge in [-0.25, -0.2) is 15.3 Å². The first kappa shape index (κ1) is 18.3. The van der Waals surface area contributed by atoms with Crippen molar-refractivity contribution in [1.82, 2.24) is 4.90 Å². The third kappa shape index (κ3) is 2.94. The van der Waals surface area contributed by atoms with Gasteiger partial charge in [-0.1, -0.05) is 18.6 Å². The molecular weight excluding hydrogens is 346 g/mol. The minimum atomic E-state index is -0.620. The lowest BCUT2D eigenvalue weighted by atomic mass is 9.80. The molecule has 1 aliphatic carbocycles. The van der Waals surface area contributed by atoms with Crippen LogP contribution in [0.5, 0.6) is 0 Å². The highest BCUT2D eigenvalue weighted by molar-refractivity contribution is 5.88. The average molecular weight is 367 g/mol. The molecule has 0 amide bonds. The molecule has 0 saturated carbocycles. The number of aliphatic hydroxyl groups excluding tert-OH is 2. The lowest BCUT2D eigenvalue weighted by molar-refractivity contribution is -0.241. The zero-order valence-electron chi connectivity index (χ0n) is 13.9. The summed E-state index contributed by atoms with van der Waals surface area (Å²) in [6.07, 6.45) is 11.3. The van der Waals surface area contributed by atoms with Crippen LogP contribution in [0.1, 0.15) is 25.7 Å². The SMILES string of the molecule is O/C=C(OO)/C(=C/O)OO.O=C1C=C2C=C[C@@H]3C[C@@]2(O1)[C@H]1CCCCN31. The lowest BCUT2D eigenvalue weighted by Gasteiger charge is -2.37. The summed E-state index contributed by atoms with van der Waals surface area (Å²) >= 11 is 0. The number of nitrogens with zero attached hydrogens (tertiary/aromatic N) is 1. The Hall–Kier alpha value is -2.49. The lowest BCUT2D eigenvalue weighted by Crippen LogP contribution is -2.48. The second-order valence-corrected chi connectivity index (χ2v) is 6.46. The fourth-order valence-electron chi connectivity index (χ4n) is 4.20. The van der Waals surface area contributed by atoms with E-state index in [-0.39, 0.29) is 24.1 Å². The summed E-state index contributed by atoms with van der Waals surface area (Å²) in [6, 6.07) is 0.923. The molecular formula is C17H21NO8. The molecule has 2 bridgehead atoms. The molecule has 2 fully saturated rings.